The Kier molecular flexibility index (Phi) is 8.54. The van der Waals surface area contributed by atoms with Gasteiger partial charge in [-0.2, -0.15) is 0 Å². The smallest absolute Gasteiger partial charge is 0.0108 e. The number of nitrogens with one attached hydrogen (secondary N) is 2. The maximum atomic E-state index is 3.53. The van der Waals surface area contributed by atoms with E-state index in [4.69, 9.17) is 0 Å². The Morgan fingerprint density at radius 2 is 1.72 bits per heavy atom. The third-order valence-corrected chi connectivity index (χ3v) is 3.41. The molecule has 1 heterocycles. The number of hydrogen-bond donors (Lipinski definition) is 2. The second-order valence-corrected chi connectivity index (χ2v) is 5.45. The zero-order valence-electron chi connectivity index (χ0n) is 12.4. The van der Waals surface area contributed by atoms with Gasteiger partial charge in [-0.1, -0.05) is 0 Å². The summed E-state index contributed by atoms with van der Waals surface area (Å²) in [5.74, 6) is 0. The van der Waals surface area contributed by atoms with Crippen LogP contribution < -0.4 is 10.6 Å². The van der Waals surface area contributed by atoms with Crippen LogP contribution in [-0.2, 0) is 0 Å². The monoisotopic (exact) mass is 257 g/mol. The molecule has 0 unspecified atom stereocenters. The van der Waals surface area contributed by atoms with Gasteiger partial charge in [-0.05, 0) is 21.1 Å². The molecule has 0 aliphatic carbocycles. The fraction of sp³-hybridized carbons (Fsp3) is 1.00. The number of likely N-dealkylation sites (N-methyl/N-ethyl adjacent to an activating group) is 2. The van der Waals surface area contributed by atoms with Crippen molar-refractivity contribution in [1.82, 2.24) is 25.3 Å². The molecule has 0 bridgehead atoms. The van der Waals surface area contributed by atoms with E-state index in [1.54, 1.807) is 0 Å². The third-order valence-electron chi connectivity index (χ3n) is 3.41. The summed E-state index contributed by atoms with van der Waals surface area (Å²) in [6.07, 6.45) is 0. The molecule has 1 aliphatic rings. The minimum Gasteiger partial charge on any atom is -0.314 e. The van der Waals surface area contributed by atoms with Gasteiger partial charge in [-0.3, -0.25) is 4.90 Å². The molecule has 1 rings (SSSR count). The fourth-order valence-electron chi connectivity index (χ4n) is 2.05. The lowest BCUT2D eigenvalue weighted by molar-refractivity contribution is 0.237. The zero-order valence-corrected chi connectivity index (χ0v) is 12.4. The van der Waals surface area contributed by atoms with Crippen molar-refractivity contribution < 1.29 is 0 Å². The quantitative estimate of drug-likeness (QED) is 0.517. The standard InChI is InChI=1S/C13H31N5/c1-16(2)12-13-17(3)8-4-14-5-9-18-10-6-15-7-11-18/h14-15H,4-13H2,1-3H3. The molecular formula is C13H31N5. The Balaban J connectivity index is 1.88. The summed E-state index contributed by atoms with van der Waals surface area (Å²) in [6, 6.07) is 0. The predicted molar refractivity (Wildman–Crippen MR) is 78.2 cm³/mol. The molecule has 1 fully saturated rings. The highest BCUT2D eigenvalue weighted by molar-refractivity contribution is 4.68. The normalized spacial score (nSPS) is 17.8. The van der Waals surface area contributed by atoms with Crippen LogP contribution in [0.2, 0.25) is 0 Å². The molecule has 0 aromatic rings. The van der Waals surface area contributed by atoms with Gasteiger partial charge in [0.1, 0.15) is 0 Å². The van der Waals surface area contributed by atoms with E-state index in [0.29, 0.717) is 0 Å². The summed E-state index contributed by atoms with van der Waals surface area (Å²) < 4.78 is 0. The van der Waals surface area contributed by atoms with E-state index in [-0.39, 0.29) is 0 Å². The van der Waals surface area contributed by atoms with E-state index < -0.39 is 0 Å². The van der Waals surface area contributed by atoms with Crippen LogP contribution in [0.5, 0.6) is 0 Å². The summed E-state index contributed by atoms with van der Waals surface area (Å²) in [7, 11) is 6.45. The Morgan fingerprint density at radius 3 is 2.39 bits per heavy atom. The maximum Gasteiger partial charge on any atom is 0.0108 e. The van der Waals surface area contributed by atoms with Crippen molar-refractivity contribution in [3.63, 3.8) is 0 Å². The molecule has 18 heavy (non-hydrogen) atoms. The van der Waals surface area contributed by atoms with Crippen molar-refractivity contribution in [1.29, 1.82) is 0 Å². The minimum absolute atomic E-state index is 1.09. The molecule has 0 spiro atoms. The van der Waals surface area contributed by atoms with E-state index in [2.05, 4.69) is 46.5 Å². The minimum atomic E-state index is 1.09. The molecule has 108 valence electrons. The Morgan fingerprint density at radius 1 is 1.00 bits per heavy atom. The number of hydrogen-bond acceptors (Lipinski definition) is 5. The van der Waals surface area contributed by atoms with Gasteiger partial charge < -0.3 is 20.4 Å². The first-order chi connectivity index (χ1) is 8.68. The van der Waals surface area contributed by atoms with Gasteiger partial charge in [-0.15, -0.1) is 0 Å². The van der Waals surface area contributed by atoms with Crippen molar-refractivity contribution in [2.45, 2.75) is 0 Å². The molecule has 0 saturated carbocycles. The summed E-state index contributed by atoms with van der Waals surface area (Å²) in [5, 5.41) is 6.92. The maximum absolute atomic E-state index is 3.53. The molecule has 0 aromatic carbocycles. The van der Waals surface area contributed by atoms with E-state index in [0.717, 1.165) is 45.8 Å². The van der Waals surface area contributed by atoms with Gasteiger partial charge in [0.2, 0.25) is 0 Å². The van der Waals surface area contributed by atoms with Crippen LogP contribution in [0.25, 0.3) is 0 Å². The largest absolute Gasteiger partial charge is 0.314 e. The first-order valence-electron chi connectivity index (χ1n) is 7.15. The first kappa shape index (κ1) is 15.9. The van der Waals surface area contributed by atoms with Gasteiger partial charge in [0.15, 0.2) is 0 Å². The molecule has 0 atom stereocenters. The van der Waals surface area contributed by atoms with E-state index >= 15 is 0 Å². The number of piperazine rings is 1. The average Bonchev–Trinajstić information content (AvgIpc) is 2.37. The summed E-state index contributed by atoms with van der Waals surface area (Å²) >= 11 is 0. The lowest BCUT2D eigenvalue weighted by Gasteiger charge is -2.27. The number of nitrogens with zero attached hydrogens (tertiary/aromatic N) is 3. The van der Waals surface area contributed by atoms with Crippen LogP contribution >= 0.6 is 0 Å². The molecule has 0 radical (unpaired) electrons. The Labute approximate surface area is 112 Å². The van der Waals surface area contributed by atoms with Gasteiger partial charge >= 0.3 is 0 Å². The molecule has 0 aromatic heterocycles. The van der Waals surface area contributed by atoms with Crippen LogP contribution in [0.1, 0.15) is 0 Å². The van der Waals surface area contributed by atoms with Crippen molar-refractivity contribution in [3.05, 3.63) is 0 Å². The molecule has 0 amide bonds. The summed E-state index contributed by atoms with van der Waals surface area (Å²) in [4.78, 5) is 7.14. The molecular weight excluding hydrogens is 226 g/mol. The Hall–Kier alpha value is -0.200. The van der Waals surface area contributed by atoms with E-state index in [1.807, 2.05) is 0 Å². The summed E-state index contributed by atoms with van der Waals surface area (Å²) in [6.45, 7) is 11.5. The highest BCUT2D eigenvalue weighted by Gasteiger charge is 2.07. The predicted octanol–water partition coefficient (Wildman–Crippen LogP) is -1.03. The van der Waals surface area contributed by atoms with E-state index in [1.165, 1.54) is 19.6 Å². The van der Waals surface area contributed by atoms with Crippen LogP contribution in [0, 0.1) is 0 Å². The highest BCUT2D eigenvalue weighted by atomic mass is 15.2. The third kappa shape index (κ3) is 8.00. The molecule has 1 saturated heterocycles. The first-order valence-corrected chi connectivity index (χ1v) is 7.15. The number of rotatable bonds is 9. The summed E-state index contributed by atoms with van der Waals surface area (Å²) in [5.41, 5.74) is 0. The highest BCUT2D eigenvalue weighted by Crippen LogP contribution is 1.89. The van der Waals surface area contributed by atoms with Crippen LogP contribution in [-0.4, -0.2) is 101 Å². The lowest BCUT2D eigenvalue weighted by Crippen LogP contribution is -2.46. The van der Waals surface area contributed by atoms with Crippen molar-refractivity contribution >= 4 is 0 Å². The van der Waals surface area contributed by atoms with Gasteiger partial charge in [0.25, 0.3) is 0 Å². The van der Waals surface area contributed by atoms with Crippen LogP contribution in [0.15, 0.2) is 0 Å². The average molecular weight is 257 g/mol. The SMILES string of the molecule is CN(C)CCN(C)CCNCCN1CCNCC1. The molecule has 1 aliphatic heterocycles. The van der Waals surface area contributed by atoms with E-state index in [9.17, 15) is 0 Å². The van der Waals surface area contributed by atoms with Crippen molar-refractivity contribution in [2.75, 3.05) is 86.6 Å². The molecule has 2 N–H and O–H groups in total. The second kappa shape index (κ2) is 9.69. The fourth-order valence-corrected chi connectivity index (χ4v) is 2.05. The Bertz CT molecular complexity index is 192. The molecule has 5 heteroatoms. The van der Waals surface area contributed by atoms with Gasteiger partial charge in [0, 0.05) is 65.4 Å². The second-order valence-electron chi connectivity index (χ2n) is 5.45. The van der Waals surface area contributed by atoms with Crippen molar-refractivity contribution in [2.24, 2.45) is 0 Å². The van der Waals surface area contributed by atoms with Crippen LogP contribution in [0.3, 0.4) is 0 Å². The van der Waals surface area contributed by atoms with Crippen molar-refractivity contribution in [3.8, 4) is 0 Å². The lowest BCUT2D eigenvalue weighted by atomic mass is 10.3. The van der Waals surface area contributed by atoms with Gasteiger partial charge in [-0.25, -0.2) is 0 Å². The van der Waals surface area contributed by atoms with Gasteiger partial charge in [0.05, 0.1) is 0 Å². The molecule has 5 nitrogen and oxygen atoms in total. The topological polar surface area (TPSA) is 33.8 Å². The van der Waals surface area contributed by atoms with Crippen LogP contribution in [0.4, 0.5) is 0 Å². The zero-order chi connectivity index (χ0) is 13.2.